The topological polar surface area (TPSA) is 87.7 Å². The average Bonchev–Trinajstić information content (AvgIpc) is 3.22. The summed E-state index contributed by atoms with van der Waals surface area (Å²) in [5, 5.41) is 14.6. The van der Waals surface area contributed by atoms with Crippen LogP contribution in [0.15, 0.2) is 12.2 Å². The van der Waals surface area contributed by atoms with Crippen LogP contribution in [0.25, 0.3) is 0 Å². The van der Waals surface area contributed by atoms with Crippen LogP contribution in [-0.4, -0.2) is 47.3 Å². The number of ether oxygens (including phenoxy) is 1. The van der Waals surface area contributed by atoms with Crippen molar-refractivity contribution >= 4 is 29.1 Å². The molecule has 2 rings (SSSR count). The summed E-state index contributed by atoms with van der Waals surface area (Å²) in [6, 6.07) is 0. The van der Waals surface area contributed by atoms with Gasteiger partial charge in [-0.25, -0.2) is 0 Å². The van der Waals surface area contributed by atoms with Crippen molar-refractivity contribution in [2.24, 2.45) is 11.8 Å². The number of carbonyl (C=O) groups is 2. The van der Waals surface area contributed by atoms with Gasteiger partial charge >= 0.3 is 5.97 Å². The molecule has 2 fully saturated rings. The normalized spacial score (nSPS) is 27.0. The Balaban J connectivity index is 1.73. The summed E-state index contributed by atoms with van der Waals surface area (Å²) in [6.45, 7) is 2.82. The fourth-order valence-corrected chi connectivity index (χ4v) is 3.89. The Morgan fingerprint density at radius 1 is 1.19 bits per heavy atom. The molecule has 146 valence electrons. The van der Waals surface area contributed by atoms with Gasteiger partial charge in [-0.15, -0.1) is 0 Å². The molecular formula is C19H30N2O4S. The van der Waals surface area contributed by atoms with Gasteiger partial charge in [-0.1, -0.05) is 31.3 Å². The van der Waals surface area contributed by atoms with Crippen molar-refractivity contribution in [3.63, 3.8) is 0 Å². The Morgan fingerprint density at radius 3 is 2.62 bits per heavy atom. The van der Waals surface area contributed by atoms with Crippen LogP contribution in [0, 0.1) is 11.8 Å². The second-order valence-electron chi connectivity index (χ2n) is 7.05. The molecule has 0 unspecified atom stereocenters. The van der Waals surface area contributed by atoms with Gasteiger partial charge in [-0.3, -0.25) is 9.59 Å². The van der Waals surface area contributed by atoms with E-state index >= 15 is 0 Å². The summed E-state index contributed by atoms with van der Waals surface area (Å²) in [6.07, 6.45) is 10.3. The Hall–Kier alpha value is -1.47. The summed E-state index contributed by atoms with van der Waals surface area (Å²) in [4.78, 5) is 23.2. The molecule has 2 aliphatic heterocycles. The molecule has 0 aliphatic carbocycles. The highest BCUT2D eigenvalue weighted by molar-refractivity contribution is 7.80. The third kappa shape index (κ3) is 6.36. The summed E-state index contributed by atoms with van der Waals surface area (Å²) in [5.74, 6) is -0.00891. The van der Waals surface area contributed by atoms with E-state index < -0.39 is 5.97 Å². The number of carboxylic acid groups (broad SMARTS) is 1. The molecule has 2 bridgehead atoms. The van der Waals surface area contributed by atoms with Gasteiger partial charge in [-0.05, 0) is 44.4 Å². The van der Waals surface area contributed by atoms with Gasteiger partial charge in [0.2, 0.25) is 5.91 Å². The molecule has 0 radical (unpaired) electrons. The van der Waals surface area contributed by atoms with Gasteiger partial charge in [0, 0.05) is 18.9 Å². The number of carbonyl (C=O) groups excluding carboxylic acids is 1. The van der Waals surface area contributed by atoms with Gasteiger partial charge < -0.3 is 20.5 Å². The summed E-state index contributed by atoms with van der Waals surface area (Å²) in [5.41, 5.74) is 0. The Bertz CT molecular complexity index is 538. The van der Waals surface area contributed by atoms with E-state index in [-0.39, 0.29) is 31.1 Å². The molecule has 2 aliphatic rings. The second-order valence-corrected chi connectivity index (χ2v) is 7.54. The maximum atomic E-state index is 12.0. The zero-order valence-electron chi connectivity index (χ0n) is 15.4. The molecular weight excluding hydrogens is 352 g/mol. The van der Waals surface area contributed by atoms with Crippen LogP contribution >= 0.6 is 12.2 Å². The summed E-state index contributed by atoms with van der Waals surface area (Å²) < 4.78 is 6.06. The van der Waals surface area contributed by atoms with Gasteiger partial charge in [-0.2, -0.15) is 0 Å². The van der Waals surface area contributed by atoms with Crippen LogP contribution in [0.4, 0.5) is 0 Å². The summed E-state index contributed by atoms with van der Waals surface area (Å²) in [7, 11) is 0. The average molecular weight is 383 g/mol. The van der Waals surface area contributed by atoms with Gasteiger partial charge in [0.15, 0.2) is 0 Å². The zero-order valence-corrected chi connectivity index (χ0v) is 16.2. The van der Waals surface area contributed by atoms with E-state index in [4.69, 9.17) is 22.1 Å². The fourth-order valence-electron chi connectivity index (χ4n) is 3.82. The van der Waals surface area contributed by atoms with Crippen molar-refractivity contribution in [3.8, 4) is 0 Å². The van der Waals surface area contributed by atoms with Crippen molar-refractivity contribution in [3.05, 3.63) is 12.2 Å². The van der Waals surface area contributed by atoms with E-state index in [2.05, 4.69) is 22.8 Å². The van der Waals surface area contributed by atoms with E-state index in [1.165, 1.54) is 0 Å². The van der Waals surface area contributed by atoms with Crippen molar-refractivity contribution in [2.45, 2.75) is 64.1 Å². The molecule has 4 atom stereocenters. The van der Waals surface area contributed by atoms with Crippen molar-refractivity contribution < 1.29 is 19.4 Å². The molecule has 2 heterocycles. The minimum atomic E-state index is -0.745. The first kappa shape index (κ1) is 20.8. The molecule has 7 heteroatoms. The number of carboxylic acids is 1. The lowest BCUT2D eigenvalue weighted by Crippen LogP contribution is -2.42. The Labute approximate surface area is 160 Å². The summed E-state index contributed by atoms with van der Waals surface area (Å²) >= 11 is 5.07. The third-order valence-corrected chi connectivity index (χ3v) is 5.66. The molecule has 26 heavy (non-hydrogen) atoms. The first-order chi connectivity index (χ1) is 12.5. The molecule has 6 nitrogen and oxygen atoms in total. The maximum Gasteiger partial charge on any atom is 0.303 e. The van der Waals surface area contributed by atoms with E-state index in [9.17, 15) is 9.59 Å². The van der Waals surface area contributed by atoms with Crippen LogP contribution in [0.3, 0.4) is 0 Å². The monoisotopic (exact) mass is 382 g/mol. The second kappa shape index (κ2) is 10.6. The lowest BCUT2D eigenvalue weighted by Gasteiger charge is -2.27. The molecule has 0 aromatic heterocycles. The highest BCUT2D eigenvalue weighted by Gasteiger charge is 2.47. The van der Waals surface area contributed by atoms with E-state index in [1.807, 2.05) is 6.92 Å². The Kier molecular flexibility index (Phi) is 8.51. The minimum Gasteiger partial charge on any atom is -0.481 e. The van der Waals surface area contributed by atoms with Crippen LogP contribution < -0.4 is 10.6 Å². The molecule has 0 saturated carbocycles. The Morgan fingerprint density at radius 2 is 1.92 bits per heavy atom. The lowest BCUT2D eigenvalue weighted by molar-refractivity contribution is -0.137. The number of amides is 1. The number of aliphatic carboxylic acids is 1. The maximum absolute atomic E-state index is 12.0. The number of thiocarbonyl (C=S) groups is 1. The molecule has 0 aromatic rings. The fraction of sp³-hybridized carbons (Fsp3) is 0.737. The predicted octanol–water partition coefficient (Wildman–Crippen LogP) is 2.42. The van der Waals surface area contributed by atoms with Gasteiger partial charge in [0.1, 0.15) is 0 Å². The number of unbranched alkanes of at least 4 members (excludes halogenated alkanes) is 1. The quantitative estimate of drug-likeness (QED) is 0.289. The number of allylic oxidation sites excluding steroid dienone is 2. The number of fused-ring (bicyclic) bond motifs is 2. The van der Waals surface area contributed by atoms with Crippen LogP contribution in [0.5, 0.6) is 0 Å². The van der Waals surface area contributed by atoms with Crippen molar-refractivity contribution in [1.82, 2.24) is 10.6 Å². The third-order valence-electron chi connectivity index (χ3n) is 5.23. The highest BCUT2D eigenvalue weighted by atomic mass is 32.1. The first-order valence-corrected chi connectivity index (χ1v) is 9.97. The molecule has 2 saturated heterocycles. The number of hydrogen-bond donors (Lipinski definition) is 3. The number of hydrogen-bond acceptors (Lipinski definition) is 4. The van der Waals surface area contributed by atoms with Crippen LogP contribution in [0.2, 0.25) is 0 Å². The minimum absolute atomic E-state index is 0.0356. The highest BCUT2D eigenvalue weighted by Crippen LogP contribution is 2.44. The number of nitrogens with one attached hydrogen (secondary N) is 2. The predicted molar refractivity (Wildman–Crippen MR) is 104 cm³/mol. The van der Waals surface area contributed by atoms with Crippen LogP contribution in [0.1, 0.15) is 51.9 Å². The largest absolute Gasteiger partial charge is 0.481 e. The number of rotatable bonds is 11. The van der Waals surface area contributed by atoms with Gasteiger partial charge in [0.05, 0.1) is 23.7 Å². The first-order valence-electron chi connectivity index (χ1n) is 9.57. The van der Waals surface area contributed by atoms with Gasteiger partial charge in [0.25, 0.3) is 0 Å². The van der Waals surface area contributed by atoms with E-state index in [0.29, 0.717) is 29.8 Å². The lowest BCUT2D eigenvalue weighted by atomic mass is 9.77. The van der Waals surface area contributed by atoms with Crippen molar-refractivity contribution in [1.29, 1.82) is 0 Å². The van der Waals surface area contributed by atoms with Crippen molar-refractivity contribution in [2.75, 3.05) is 13.1 Å². The van der Waals surface area contributed by atoms with E-state index in [1.54, 1.807) is 0 Å². The van der Waals surface area contributed by atoms with Crippen LogP contribution in [-0.2, 0) is 14.3 Å². The SMILES string of the molecule is CCC(=S)NCC(=O)NC[C@H]1[C@@H](C/C=C\CCCC(=O)O)[C@H]2CC[C@@H]1O2. The molecule has 3 N–H and O–H groups in total. The van der Waals surface area contributed by atoms with E-state index in [0.717, 1.165) is 32.1 Å². The zero-order chi connectivity index (χ0) is 18.9. The standard InChI is InChI=1S/C19H30N2O4S/c1-2-18(26)21-12-17(22)20-11-14-13(15-9-10-16(14)25-15)7-5-3-4-6-8-19(23)24/h3,5,13-16H,2,4,6-12H2,1H3,(H,20,22)(H,21,26)(H,23,24)/b5-3-/t13-,14+,15-,16+/m1/s1. The molecule has 1 amide bonds. The smallest absolute Gasteiger partial charge is 0.303 e. The molecule has 0 aromatic carbocycles. The molecule has 0 spiro atoms.